The molecule has 1 aliphatic heterocycles. The highest BCUT2D eigenvalue weighted by atomic mass is 16.5. The molecule has 3 nitrogen and oxygen atoms in total. The first kappa shape index (κ1) is 14.5. The maximum absolute atomic E-state index is 5.61. The first-order valence-corrected chi connectivity index (χ1v) is 7.34. The largest absolute Gasteiger partial charge is 0.380 e. The van der Waals surface area contributed by atoms with Crippen LogP contribution in [0.4, 0.5) is 0 Å². The first-order valence-electron chi connectivity index (χ1n) is 7.34. The van der Waals surface area contributed by atoms with Crippen molar-refractivity contribution in [2.75, 3.05) is 26.3 Å². The average molecular weight is 262 g/mol. The predicted octanol–water partition coefficient (Wildman–Crippen LogP) is 2.45. The van der Waals surface area contributed by atoms with Gasteiger partial charge in [0.15, 0.2) is 0 Å². The minimum atomic E-state index is 0.452. The normalized spacial score (nSPS) is 26.3. The van der Waals surface area contributed by atoms with E-state index in [1.165, 1.54) is 5.56 Å². The lowest BCUT2D eigenvalue weighted by Crippen LogP contribution is -2.54. The molecule has 1 aromatic rings. The summed E-state index contributed by atoms with van der Waals surface area (Å²) in [6.07, 6.45) is 0. The second-order valence-corrected chi connectivity index (χ2v) is 5.44. The van der Waals surface area contributed by atoms with Crippen LogP contribution in [0.2, 0.25) is 0 Å². The van der Waals surface area contributed by atoms with E-state index in [2.05, 4.69) is 61.3 Å². The van der Waals surface area contributed by atoms with Crippen molar-refractivity contribution in [2.45, 2.75) is 38.9 Å². The summed E-state index contributed by atoms with van der Waals surface area (Å²) < 4.78 is 5.61. The highest BCUT2D eigenvalue weighted by molar-refractivity contribution is 5.20. The van der Waals surface area contributed by atoms with Gasteiger partial charge in [-0.15, -0.1) is 0 Å². The lowest BCUT2D eigenvalue weighted by molar-refractivity contribution is 0.0296. The molecule has 0 saturated carbocycles. The minimum Gasteiger partial charge on any atom is -0.380 e. The number of piperazine rings is 1. The summed E-state index contributed by atoms with van der Waals surface area (Å²) >= 11 is 0. The molecular formula is C16H26N2O. The predicted molar refractivity (Wildman–Crippen MR) is 79.3 cm³/mol. The first-order chi connectivity index (χ1) is 9.22. The number of ether oxygens (including phenoxy) is 1. The summed E-state index contributed by atoms with van der Waals surface area (Å²) in [4.78, 5) is 2.58. The molecular weight excluding hydrogens is 236 g/mol. The van der Waals surface area contributed by atoms with E-state index >= 15 is 0 Å². The lowest BCUT2D eigenvalue weighted by atomic mass is 9.99. The Morgan fingerprint density at radius 1 is 1.37 bits per heavy atom. The maximum Gasteiger partial charge on any atom is 0.0619 e. The third-order valence-electron chi connectivity index (χ3n) is 3.86. The van der Waals surface area contributed by atoms with E-state index in [0.717, 1.165) is 26.3 Å². The summed E-state index contributed by atoms with van der Waals surface area (Å²) in [5, 5.41) is 3.59. The fraction of sp³-hybridized carbons (Fsp3) is 0.625. The lowest BCUT2D eigenvalue weighted by Gasteiger charge is -2.43. The molecule has 0 aliphatic carbocycles. The molecule has 0 aromatic heterocycles. The van der Waals surface area contributed by atoms with Crippen LogP contribution in [0.25, 0.3) is 0 Å². The van der Waals surface area contributed by atoms with Crippen molar-refractivity contribution in [1.29, 1.82) is 0 Å². The van der Waals surface area contributed by atoms with Crippen LogP contribution in [-0.4, -0.2) is 43.3 Å². The monoisotopic (exact) mass is 262 g/mol. The average Bonchev–Trinajstić information content (AvgIpc) is 2.45. The van der Waals surface area contributed by atoms with E-state index in [4.69, 9.17) is 4.74 Å². The quantitative estimate of drug-likeness (QED) is 0.882. The second kappa shape index (κ2) is 7.04. The van der Waals surface area contributed by atoms with Crippen LogP contribution in [0.5, 0.6) is 0 Å². The Morgan fingerprint density at radius 3 is 2.79 bits per heavy atom. The van der Waals surface area contributed by atoms with Crippen molar-refractivity contribution < 1.29 is 4.74 Å². The zero-order chi connectivity index (χ0) is 13.7. The van der Waals surface area contributed by atoms with Crippen LogP contribution >= 0.6 is 0 Å². The standard InChI is InChI=1S/C16H26N2O/c1-4-19-12-14(3)18-11-13(2)17-10-16(18)15-8-6-5-7-9-15/h5-9,13-14,16-17H,4,10-12H2,1-3H3. The Labute approximate surface area is 116 Å². The van der Waals surface area contributed by atoms with Crippen molar-refractivity contribution in [3.05, 3.63) is 35.9 Å². The summed E-state index contributed by atoms with van der Waals surface area (Å²) in [6, 6.07) is 12.2. The molecule has 3 atom stereocenters. The third-order valence-corrected chi connectivity index (χ3v) is 3.86. The Balaban J connectivity index is 2.10. The summed E-state index contributed by atoms with van der Waals surface area (Å²) in [7, 11) is 0. The molecule has 19 heavy (non-hydrogen) atoms. The van der Waals surface area contributed by atoms with Gasteiger partial charge in [0.05, 0.1) is 6.61 Å². The third kappa shape index (κ3) is 3.78. The zero-order valence-corrected chi connectivity index (χ0v) is 12.3. The van der Waals surface area contributed by atoms with Crippen molar-refractivity contribution in [3.8, 4) is 0 Å². The molecule has 0 amide bonds. The highest BCUT2D eigenvalue weighted by Crippen LogP contribution is 2.25. The molecule has 1 aromatic carbocycles. The topological polar surface area (TPSA) is 24.5 Å². The highest BCUT2D eigenvalue weighted by Gasteiger charge is 2.30. The minimum absolute atomic E-state index is 0.452. The smallest absolute Gasteiger partial charge is 0.0619 e. The van der Waals surface area contributed by atoms with Gasteiger partial charge in [-0.25, -0.2) is 0 Å². The van der Waals surface area contributed by atoms with Crippen molar-refractivity contribution >= 4 is 0 Å². The van der Waals surface area contributed by atoms with Gasteiger partial charge in [0.25, 0.3) is 0 Å². The van der Waals surface area contributed by atoms with Gasteiger partial charge in [0.2, 0.25) is 0 Å². The van der Waals surface area contributed by atoms with E-state index in [-0.39, 0.29) is 0 Å². The van der Waals surface area contributed by atoms with E-state index in [9.17, 15) is 0 Å². The van der Waals surface area contributed by atoms with Crippen LogP contribution in [0.15, 0.2) is 30.3 Å². The molecule has 1 aliphatic rings. The van der Waals surface area contributed by atoms with Crippen LogP contribution in [0.3, 0.4) is 0 Å². The molecule has 1 heterocycles. The van der Waals surface area contributed by atoms with E-state index < -0.39 is 0 Å². The SMILES string of the molecule is CCOCC(C)N1CC(C)NCC1c1ccccc1. The molecule has 0 bridgehead atoms. The van der Waals surface area contributed by atoms with Gasteiger partial charge < -0.3 is 10.1 Å². The van der Waals surface area contributed by atoms with Gasteiger partial charge in [-0.3, -0.25) is 4.90 Å². The fourth-order valence-electron chi connectivity index (χ4n) is 2.79. The molecule has 0 spiro atoms. The van der Waals surface area contributed by atoms with E-state index in [0.29, 0.717) is 18.1 Å². The second-order valence-electron chi connectivity index (χ2n) is 5.44. The van der Waals surface area contributed by atoms with Crippen molar-refractivity contribution in [2.24, 2.45) is 0 Å². The number of benzene rings is 1. The van der Waals surface area contributed by atoms with Gasteiger partial charge in [-0.2, -0.15) is 0 Å². The van der Waals surface area contributed by atoms with Crippen LogP contribution < -0.4 is 5.32 Å². The Kier molecular flexibility index (Phi) is 5.37. The number of rotatable bonds is 5. The molecule has 1 N–H and O–H groups in total. The van der Waals surface area contributed by atoms with Crippen molar-refractivity contribution in [1.82, 2.24) is 10.2 Å². The molecule has 2 rings (SSSR count). The Hall–Kier alpha value is -0.900. The number of hydrogen-bond acceptors (Lipinski definition) is 3. The zero-order valence-electron chi connectivity index (χ0n) is 12.3. The van der Waals surface area contributed by atoms with Gasteiger partial charge in [-0.05, 0) is 26.3 Å². The molecule has 106 valence electrons. The van der Waals surface area contributed by atoms with Crippen LogP contribution in [0.1, 0.15) is 32.4 Å². The van der Waals surface area contributed by atoms with Crippen molar-refractivity contribution in [3.63, 3.8) is 0 Å². The maximum atomic E-state index is 5.61. The molecule has 3 unspecified atom stereocenters. The molecule has 0 radical (unpaired) electrons. The summed E-state index contributed by atoms with van der Waals surface area (Å²) in [5.41, 5.74) is 1.39. The number of nitrogens with one attached hydrogen (secondary N) is 1. The Bertz CT molecular complexity index is 368. The van der Waals surface area contributed by atoms with Gasteiger partial charge >= 0.3 is 0 Å². The van der Waals surface area contributed by atoms with Crippen LogP contribution in [0, 0.1) is 0 Å². The van der Waals surface area contributed by atoms with E-state index in [1.807, 2.05) is 0 Å². The van der Waals surface area contributed by atoms with E-state index in [1.54, 1.807) is 0 Å². The van der Waals surface area contributed by atoms with Gasteiger partial charge in [0.1, 0.15) is 0 Å². The summed E-state index contributed by atoms with van der Waals surface area (Å²) in [5.74, 6) is 0. The molecule has 3 heteroatoms. The van der Waals surface area contributed by atoms with Crippen LogP contribution in [-0.2, 0) is 4.74 Å². The molecule has 1 saturated heterocycles. The summed E-state index contributed by atoms with van der Waals surface area (Å²) in [6.45, 7) is 10.3. The fourth-order valence-corrected chi connectivity index (χ4v) is 2.79. The van der Waals surface area contributed by atoms with Gasteiger partial charge in [-0.1, -0.05) is 30.3 Å². The number of hydrogen-bond donors (Lipinski definition) is 1. The van der Waals surface area contributed by atoms with Gasteiger partial charge in [0, 0.05) is 37.8 Å². The number of nitrogens with zero attached hydrogens (tertiary/aromatic N) is 1. The molecule has 1 fully saturated rings. The Morgan fingerprint density at radius 2 is 2.11 bits per heavy atom.